The molecule has 0 aliphatic carbocycles. The van der Waals surface area contributed by atoms with Crippen molar-refractivity contribution in [2.75, 3.05) is 19.6 Å². The number of hydrogen-bond acceptors (Lipinski definition) is 3. The largest absolute Gasteiger partial charge is 0.350 e. The molecule has 0 bridgehead atoms. The van der Waals surface area contributed by atoms with Crippen molar-refractivity contribution in [1.82, 2.24) is 15.5 Å². The van der Waals surface area contributed by atoms with Crippen LogP contribution in [0.15, 0.2) is 54.6 Å². The number of hydrogen-bond donors (Lipinski definition) is 2. The summed E-state index contributed by atoms with van der Waals surface area (Å²) in [6, 6.07) is 16.0. The molecule has 1 unspecified atom stereocenters. The summed E-state index contributed by atoms with van der Waals surface area (Å²) in [5.41, 5.74) is 1.19. The van der Waals surface area contributed by atoms with Crippen LogP contribution in [0.4, 0.5) is 4.39 Å². The van der Waals surface area contributed by atoms with Crippen molar-refractivity contribution in [2.45, 2.75) is 19.0 Å². The SMILES string of the molecule is O=C(CNC(=O)c1ccccc1F)NC1CCN(Cc2ccccc2)C1. The maximum Gasteiger partial charge on any atom is 0.254 e. The molecule has 2 amide bonds. The van der Waals surface area contributed by atoms with Gasteiger partial charge in [-0.25, -0.2) is 4.39 Å². The third-order valence-corrected chi connectivity index (χ3v) is 4.41. The molecule has 3 rings (SSSR count). The molecule has 6 heteroatoms. The summed E-state index contributed by atoms with van der Waals surface area (Å²) >= 11 is 0. The highest BCUT2D eigenvalue weighted by Crippen LogP contribution is 2.13. The Bertz CT molecular complexity index is 767. The molecule has 2 aromatic rings. The van der Waals surface area contributed by atoms with Gasteiger partial charge >= 0.3 is 0 Å². The van der Waals surface area contributed by atoms with Gasteiger partial charge in [0.25, 0.3) is 5.91 Å². The van der Waals surface area contributed by atoms with Crippen LogP contribution in [0, 0.1) is 5.82 Å². The van der Waals surface area contributed by atoms with Gasteiger partial charge in [-0.05, 0) is 24.1 Å². The number of halogens is 1. The van der Waals surface area contributed by atoms with Crippen LogP contribution in [-0.4, -0.2) is 42.4 Å². The average molecular weight is 355 g/mol. The standard InChI is InChI=1S/C20H22FN3O2/c21-18-9-5-4-8-17(18)20(26)22-12-19(25)23-16-10-11-24(14-16)13-15-6-2-1-3-7-15/h1-9,16H,10-14H2,(H,22,26)(H,23,25). The fraction of sp³-hybridized carbons (Fsp3) is 0.300. The lowest BCUT2D eigenvalue weighted by Crippen LogP contribution is -2.43. The van der Waals surface area contributed by atoms with E-state index in [1.807, 2.05) is 18.2 Å². The molecule has 1 atom stereocenters. The maximum atomic E-state index is 13.5. The first-order valence-corrected chi connectivity index (χ1v) is 8.70. The molecule has 1 fully saturated rings. The molecule has 0 aromatic heterocycles. The van der Waals surface area contributed by atoms with Gasteiger partial charge in [-0.1, -0.05) is 42.5 Å². The number of benzene rings is 2. The molecule has 1 aliphatic rings. The monoisotopic (exact) mass is 355 g/mol. The third kappa shape index (κ3) is 4.89. The Labute approximate surface area is 152 Å². The minimum absolute atomic E-state index is 0.0600. The van der Waals surface area contributed by atoms with E-state index < -0.39 is 11.7 Å². The van der Waals surface area contributed by atoms with Gasteiger partial charge in [-0.3, -0.25) is 14.5 Å². The van der Waals surface area contributed by atoms with E-state index in [2.05, 4.69) is 27.7 Å². The van der Waals surface area contributed by atoms with Gasteiger partial charge in [0.2, 0.25) is 5.91 Å². The number of likely N-dealkylation sites (tertiary alicyclic amines) is 1. The van der Waals surface area contributed by atoms with Crippen molar-refractivity contribution in [2.24, 2.45) is 0 Å². The molecule has 26 heavy (non-hydrogen) atoms. The lowest BCUT2D eigenvalue weighted by atomic mass is 10.2. The van der Waals surface area contributed by atoms with Crippen molar-refractivity contribution in [3.05, 3.63) is 71.5 Å². The molecule has 1 saturated heterocycles. The summed E-state index contributed by atoms with van der Waals surface area (Å²) in [5, 5.41) is 5.39. The van der Waals surface area contributed by atoms with E-state index >= 15 is 0 Å². The normalized spacial score (nSPS) is 17.0. The van der Waals surface area contributed by atoms with Crippen molar-refractivity contribution in [3.63, 3.8) is 0 Å². The Morgan fingerprint density at radius 3 is 2.58 bits per heavy atom. The fourth-order valence-electron chi connectivity index (χ4n) is 3.12. The second-order valence-electron chi connectivity index (χ2n) is 6.44. The van der Waals surface area contributed by atoms with Crippen LogP contribution in [0.25, 0.3) is 0 Å². The van der Waals surface area contributed by atoms with E-state index in [-0.39, 0.29) is 24.1 Å². The smallest absolute Gasteiger partial charge is 0.254 e. The van der Waals surface area contributed by atoms with E-state index in [1.54, 1.807) is 6.07 Å². The van der Waals surface area contributed by atoms with Crippen LogP contribution < -0.4 is 10.6 Å². The van der Waals surface area contributed by atoms with Crippen molar-refractivity contribution in [1.29, 1.82) is 0 Å². The summed E-state index contributed by atoms with van der Waals surface area (Å²) in [5.74, 6) is -1.45. The number of nitrogens with zero attached hydrogens (tertiary/aromatic N) is 1. The summed E-state index contributed by atoms with van der Waals surface area (Å²) in [6.45, 7) is 2.39. The maximum absolute atomic E-state index is 13.5. The van der Waals surface area contributed by atoms with Crippen LogP contribution in [0.1, 0.15) is 22.3 Å². The van der Waals surface area contributed by atoms with Gasteiger partial charge in [0, 0.05) is 25.7 Å². The van der Waals surface area contributed by atoms with E-state index in [9.17, 15) is 14.0 Å². The lowest BCUT2D eigenvalue weighted by molar-refractivity contribution is -0.120. The molecular formula is C20H22FN3O2. The van der Waals surface area contributed by atoms with Gasteiger partial charge in [0.05, 0.1) is 12.1 Å². The minimum Gasteiger partial charge on any atom is -0.350 e. The molecule has 0 radical (unpaired) electrons. The molecule has 0 spiro atoms. The first kappa shape index (κ1) is 18.1. The van der Waals surface area contributed by atoms with Crippen LogP contribution >= 0.6 is 0 Å². The second kappa shape index (κ2) is 8.58. The summed E-state index contributed by atoms with van der Waals surface area (Å²) in [4.78, 5) is 26.3. The minimum atomic E-state index is -0.599. The number of nitrogens with one attached hydrogen (secondary N) is 2. The predicted molar refractivity (Wildman–Crippen MR) is 97.0 cm³/mol. The van der Waals surface area contributed by atoms with Crippen LogP contribution in [0.5, 0.6) is 0 Å². The molecule has 2 N–H and O–H groups in total. The zero-order valence-corrected chi connectivity index (χ0v) is 14.5. The molecule has 5 nitrogen and oxygen atoms in total. The summed E-state index contributed by atoms with van der Waals surface area (Å²) in [6.07, 6.45) is 0.875. The van der Waals surface area contributed by atoms with Gasteiger partial charge in [0.1, 0.15) is 5.82 Å². The molecular weight excluding hydrogens is 333 g/mol. The Hall–Kier alpha value is -2.73. The summed E-state index contributed by atoms with van der Waals surface area (Å²) < 4.78 is 13.5. The fourth-order valence-corrected chi connectivity index (χ4v) is 3.12. The van der Waals surface area contributed by atoms with Crippen LogP contribution in [-0.2, 0) is 11.3 Å². The molecule has 0 saturated carbocycles. The Balaban J connectivity index is 1.41. The Morgan fingerprint density at radius 1 is 1.08 bits per heavy atom. The van der Waals surface area contributed by atoms with E-state index in [0.717, 1.165) is 26.1 Å². The molecule has 1 heterocycles. The van der Waals surface area contributed by atoms with Gasteiger partial charge in [-0.2, -0.15) is 0 Å². The Morgan fingerprint density at radius 2 is 1.81 bits per heavy atom. The Kier molecular flexibility index (Phi) is 5.96. The van der Waals surface area contributed by atoms with Gasteiger partial charge in [-0.15, -0.1) is 0 Å². The zero-order valence-electron chi connectivity index (χ0n) is 14.5. The topological polar surface area (TPSA) is 61.4 Å². The second-order valence-corrected chi connectivity index (χ2v) is 6.44. The van der Waals surface area contributed by atoms with Crippen molar-refractivity contribution >= 4 is 11.8 Å². The van der Waals surface area contributed by atoms with Gasteiger partial charge in [0.15, 0.2) is 0 Å². The van der Waals surface area contributed by atoms with Crippen molar-refractivity contribution < 1.29 is 14.0 Å². The first-order chi connectivity index (χ1) is 12.6. The van der Waals surface area contributed by atoms with E-state index in [4.69, 9.17) is 0 Å². The third-order valence-electron chi connectivity index (χ3n) is 4.41. The number of carbonyl (C=O) groups is 2. The number of carbonyl (C=O) groups excluding carboxylic acids is 2. The zero-order chi connectivity index (χ0) is 18.4. The lowest BCUT2D eigenvalue weighted by Gasteiger charge is -2.17. The van der Waals surface area contributed by atoms with E-state index in [1.165, 1.54) is 23.8 Å². The number of rotatable bonds is 6. The van der Waals surface area contributed by atoms with Crippen molar-refractivity contribution in [3.8, 4) is 0 Å². The highest BCUT2D eigenvalue weighted by Gasteiger charge is 2.24. The highest BCUT2D eigenvalue weighted by atomic mass is 19.1. The van der Waals surface area contributed by atoms with Crippen LogP contribution in [0.3, 0.4) is 0 Å². The van der Waals surface area contributed by atoms with Crippen LogP contribution in [0.2, 0.25) is 0 Å². The van der Waals surface area contributed by atoms with E-state index in [0.29, 0.717) is 0 Å². The number of amides is 2. The molecule has 136 valence electrons. The molecule has 1 aliphatic heterocycles. The highest BCUT2D eigenvalue weighted by molar-refractivity contribution is 5.96. The average Bonchev–Trinajstić information content (AvgIpc) is 3.07. The quantitative estimate of drug-likeness (QED) is 0.833. The first-order valence-electron chi connectivity index (χ1n) is 8.70. The van der Waals surface area contributed by atoms with Gasteiger partial charge < -0.3 is 10.6 Å². The predicted octanol–water partition coefficient (Wildman–Crippen LogP) is 1.95. The molecule has 2 aromatic carbocycles. The summed E-state index contributed by atoms with van der Waals surface area (Å²) in [7, 11) is 0.